The SMILES string of the molecule is CCNc1nc(-c2ncccc2Br)nc2c1CCCCC2. The Bertz CT molecular complexity index is 642. The van der Waals surface area contributed by atoms with Crippen LogP contribution < -0.4 is 5.32 Å². The van der Waals surface area contributed by atoms with Crippen LogP contribution in [0.4, 0.5) is 5.82 Å². The Morgan fingerprint density at radius 3 is 2.86 bits per heavy atom. The zero-order valence-electron chi connectivity index (χ0n) is 12.2. The third kappa shape index (κ3) is 3.07. The largest absolute Gasteiger partial charge is 0.370 e. The van der Waals surface area contributed by atoms with Crippen molar-refractivity contribution in [2.75, 3.05) is 11.9 Å². The van der Waals surface area contributed by atoms with E-state index in [1.54, 1.807) is 6.20 Å². The summed E-state index contributed by atoms with van der Waals surface area (Å²) in [7, 11) is 0. The Morgan fingerprint density at radius 2 is 2.05 bits per heavy atom. The lowest BCUT2D eigenvalue weighted by Gasteiger charge is -2.14. The summed E-state index contributed by atoms with van der Waals surface area (Å²) in [5.74, 6) is 1.69. The van der Waals surface area contributed by atoms with Crippen molar-refractivity contribution in [3.8, 4) is 11.5 Å². The average molecular weight is 347 g/mol. The molecule has 2 heterocycles. The molecular weight excluding hydrogens is 328 g/mol. The van der Waals surface area contributed by atoms with E-state index < -0.39 is 0 Å². The first-order valence-electron chi connectivity index (χ1n) is 7.54. The monoisotopic (exact) mass is 346 g/mol. The number of aryl methyl sites for hydroxylation is 1. The van der Waals surface area contributed by atoms with Gasteiger partial charge in [-0.25, -0.2) is 9.97 Å². The number of nitrogens with one attached hydrogen (secondary N) is 1. The third-order valence-electron chi connectivity index (χ3n) is 3.75. The highest BCUT2D eigenvalue weighted by Crippen LogP contribution is 2.29. The minimum Gasteiger partial charge on any atom is -0.370 e. The summed E-state index contributed by atoms with van der Waals surface area (Å²) in [4.78, 5) is 14.0. The Hall–Kier alpha value is -1.49. The first-order valence-corrected chi connectivity index (χ1v) is 8.33. The molecule has 2 aromatic heterocycles. The van der Waals surface area contributed by atoms with Crippen molar-refractivity contribution >= 4 is 21.7 Å². The minimum atomic E-state index is 0.707. The zero-order valence-corrected chi connectivity index (χ0v) is 13.8. The van der Waals surface area contributed by atoms with Crippen LogP contribution in [0.3, 0.4) is 0 Å². The highest BCUT2D eigenvalue weighted by atomic mass is 79.9. The molecule has 2 aromatic rings. The van der Waals surface area contributed by atoms with E-state index in [9.17, 15) is 0 Å². The van der Waals surface area contributed by atoms with Gasteiger partial charge in [0.2, 0.25) is 0 Å². The van der Waals surface area contributed by atoms with E-state index in [0.29, 0.717) is 5.82 Å². The van der Waals surface area contributed by atoms with E-state index in [4.69, 9.17) is 9.97 Å². The van der Waals surface area contributed by atoms with Gasteiger partial charge in [0.05, 0.1) is 0 Å². The van der Waals surface area contributed by atoms with Gasteiger partial charge in [-0.1, -0.05) is 6.42 Å². The molecule has 0 bridgehead atoms. The van der Waals surface area contributed by atoms with Crippen molar-refractivity contribution < 1.29 is 0 Å². The lowest BCUT2D eigenvalue weighted by Crippen LogP contribution is -2.10. The number of hydrogen-bond donors (Lipinski definition) is 1. The molecule has 1 N–H and O–H groups in total. The van der Waals surface area contributed by atoms with Gasteiger partial charge in [-0.2, -0.15) is 0 Å². The van der Waals surface area contributed by atoms with E-state index in [2.05, 4.69) is 33.2 Å². The lowest BCUT2D eigenvalue weighted by atomic mass is 10.1. The van der Waals surface area contributed by atoms with Gasteiger partial charge in [0, 0.05) is 28.5 Å². The Morgan fingerprint density at radius 1 is 1.19 bits per heavy atom. The van der Waals surface area contributed by atoms with E-state index in [1.807, 2.05) is 12.1 Å². The fraction of sp³-hybridized carbons (Fsp3) is 0.438. The number of hydrogen-bond acceptors (Lipinski definition) is 4. The van der Waals surface area contributed by atoms with Gasteiger partial charge in [0.1, 0.15) is 11.5 Å². The highest BCUT2D eigenvalue weighted by Gasteiger charge is 2.18. The molecule has 0 fully saturated rings. The van der Waals surface area contributed by atoms with Crippen molar-refractivity contribution in [2.24, 2.45) is 0 Å². The van der Waals surface area contributed by atoms with Crippen molar-refractivity contribution in [1.82, 2.24) is 15.0 Å². The maximum absolute atomic E-state index is 4.80. The summed E-state index contributed by atoms with van der Waals surface area (Å²) >= 11 is 3.55. The quantitative estimate of drug-likeness (QED) is 0.853. The van der Waals surface area contributed by atoms with Gasteiger partial charge in [0.25, 0.3) is 0 Å². The molecular formula is C16H19BrN4. The van der Waals surface area contributed by atoms with Crippen LogP contribution in [0.2, 0.25) is 0 Å². The summed E-state index contributed by atoms with van der Waals surface area (Å²) in [6, 6.07) is 3.88. The predicted octanol–water partition coefficient (Wildman–Crippen LogP) is 4.00. The van der Waals surface area contributed by atoms with Crippen LogP contribution in [0.15, 0.2) is 22.8 Å². The van der Waals surface area contributed by atoms with E-state index >= 15 is 0 Å². The standard InChI is InChI=1S/C16H19BrN4/c1-2-18-15-11-7-4-3-5-9-13(11)20-16(21-15)14-12(17)8-6-10-19-14/h6,8,10H,2-5,7,9H2,1H3,(H,18,20,21). The van der Waals surface area contributed by atoms with Gasteiger partial charge in [0.15, 0.2) is 5.82 Å². The van der Waals surface area contributed by atoms with Crippen molar-refractivity contribution in [2.45, 2.75) is 39.0 Å². The normalized spacial score (nSPS) is 14.4. The van der Waals surface area contributed by atoms with Gasteiger partial charge < -0.3 is 5.32 Å². The van der Waals surface area contributed by atoms with Crippen LogP contribution in [0.25, 0.3) is 11.5 Å². The molecule has 3 rings (SSSR count). The topological polar surface area (TPSA) is 50.7 Å². The molecule has 0 radical (unpaired) electrons. The molecule has 1 aliphatic carbocycles. The molecule has 0 saturated heterocycles. The molecule has 4 nitrogen and oxygen atoms in total. The Labute approximate surface area is 133 Å². The number of halogens is 1. The van der Waals surface area contributed by atoms with Gasteiger partial charge in [-0.05, 0) is 60.7 Å². The maximum atomic E-state index is 4.80. The average Bonchev–Trinajstić information content (AvgIpc) is 2.73. The molecule has 0 aromatic carbocycles. The fourth-order valence-corrected chi connectivity index (χ4v) is 3.17. The summed E-state index contributed by atoms with van der Waals surface area (Å²) in [6.45, 7) is 2.97. The van der Waals surface area contributed by atoms with Crippen LogP contribution in [-0.2, 0) is 12.8 Å². The molecule has 1 aliphatic rings. The van der Waals surface area contributed by atoms with Crippen LogP contribution in [0.5, 0.6) is 0 Å². The maximum Gasteiger partial charge on any atom is 0.181 e. The molecule has 0 aliphatic heterocycles. The number of rotatable bonds is 3. The first-order chi connectivity index (χ1) is 10.3. The molecule has 110 valence electrons. The summed E-state index contributed by atoms with van der Waals surface area (Å²) in [5, 5.41) is 3.40. The Kier molecular flexibility index (Phi) is 4.48. The van der Waals surface area contributed by atoms with Crippen molar-refractivity contribution in [1.29, 1.82) is 0 Å². The van der Waals surface area contributed by atoms with Crippen LogP contribution in [-0.4, -0.2) is 21.5 Å². The molecule has 0 unspecified atom stereocenters. The van der Waals surface area contributed by atoms with E-state index in [-0.39, 0.29) is 0 Å². The van der Waals surface area contributed by atoms with Crippen molar-refractivity contribution in [3.63, 3.8) is 0 Å². The van der Waals surface area contributed by atoms with Crippen LogP contribution in [0.1, 0.15) is 37.4 Å². The summed E-state index contributed by atoms with van der Waals surface area (Å²) in [5.41, 5.74) is 3.29. The van der Waals surface area contributed by atoms with Crippen LogP contribution in [0, 0.1) is 0 Å². The number of anilines is 1. The van der Waals surface area contributed by atoms with Crippen molar-refractivity contribution in [3.05, 3.63) is 34.1 Å². The Balaban J connectivity index is 2.12. The minimum absolute atomic E-state index is 0.707. The third-order valence-corrected chi connectivity index (χ3v) is 4.39. The summed E-state index contributed by atoms with van der Waals surface area (Å²) in [6.07, 6.45) is 7.58. The smallest absolute Gasteiger partial charge is 0.181 e. The van der Waals surface area contributed by atoms with E-state index in [1.165, 1.54) is 30.5 Å². The first kappa shape index (κ1) is 14.4. The lowest BCUT2D eigenvalue weighted by molar-refractivity contribution is 0.709. The second-order valence-corrected chi connectivity index (χ2v) is 6.10. The number of fused-ring (bicyclic) bond motifs is 1. The number of aromatic nitrogens is 3. The van der Waals surface area contributed by atoms with Crippen LogP contribution >= 0.6 is 15.9 Å². The molecule has 5 heteroatoms. The molecule has 21 heavy (non-hydrogen) atoms. The van der Waals surface area contributed by atoms with Gasteiger partial charge in [-0.3, -0.25) is 4.98 Å². The molecule has 0 amide bonds. The highest BCUT2D eigenvalue weighted by molar-refractivity contribution is 9.10. The molecule has 0 saturated carbocycles. The van der Waals surface area contributed by atoms with Gasteiger partial charge >= 0.3 is 0 Å². The number of nitrogens with zero attached hydrogens (tertiary/aromatic N) is 3. The predicted molar refractivity (Wildman–Crippen MR) is 88.4 cm³/mol. The zero-order chi connectivity index (χ0) is 14.7. The molecule has 0 atom stereocenters. The van der Waals surface area contributed by atoms with E-state index in [0.717, 1.165) is 35.4 Å². The molecule has 0 spiro atoms. The second kappa shape index (κ2) is 6.52. The summed E-state index contributed by atoms with van der Waals surface area (Å²) < 4.78 is 0.932. The number of pyridine rings is 1. The fourth-order valence-electron chi connectivity index (χ4n) is 2.74. The van der Waals surface area contributed by atoms with Gasteiger partial charge in [-0.15, -0.1) is 0 Å². The second-order valence-electron chi connectivity index (χ2n) is 5.25.